The van der Waals surface area contributed by atoms with Gasteiger partial charge in [0.1, 0.15) is 0 Å². The van der Waals surface area contributed by atoms with Gasteiger partial charge in [0.2, 0.25) is 10.0 Å². The van der Waals surface area contributed by atoms with E-state index in [0.29, 0.717) is 34.3 Å². The highest BCUT2D eigenvalue weighted by Gasteiger charge is 2.20. The van der Waals surface area contributed by atoms with E-state index in [1.54, 1.807) is 18.2 Å². The molecule has 0 saturated heterocycles. The van der Waals surface area contributed by atoms with Crippen LogP contribution in [0.5, 0.6) is 5.88 Å². The van der Waals surface area contributed by atoms with Crippen LogP contribution in [0.4, 0.5) is 11.4 Å². The second-order valence-corrected chi connectivity index (χ2v) is 11.7. The molecule has 0 atom stereocenters. The van der Waals surface area contributed by atoms with E-state index in [4.69, 9.17) is 9.98 Å². The maximum absolute atomic E-state index is 12.4. The molecule has 0 fully saturated rings. The normalized spacial score (nSPS) is 15.0. The van der Waals surface area contributed by atoms with Crippen molar-refractivity contribution in [2.75, 3.05) is 17.0 Å². The van der Waals surface area contributed by atoms with Crippen LogP contribution < -0.4 is 4.72 Å². The third-order valence-corrected chi connectivity index (χ3v) is 8.37. The monoisotopic (exact) mass is 542 g/mol. The average Bonchev–Trinajstić information content (AvgIpc) is 3.22. The van der Waals surface area contributed by atoms with Crippen LogP contribution in [0.3, 0.4) is 0 Å². The van der Waals surface area contributed by atoms with Crippen molar-refractivity contribution in [1.29, 1.82) is 0 Å². The van der Waals surface area contributed by atoms with Gasteiger partial charge in [-0.2, -0.15) is 0 Å². The topological polar surface area (TPSA) is 107 Å². The number of nitrogens with zero attached hydrogens (tertiary/aromatic N) is 2. The third kappa shape index (κ3) is 6.40. The zero-order valence-corrected chi connectivity index (χ0v) is 23.0. The van der Waals surface area contributed by atoms with Gasteiger partial charge in [0.05, 0.1) is 22.7 Å². The molecule has 7 nitrogen and oxygen atoms in total. The summed E-state index contributed by atoms with van der Waals surface area (Å²) in [7, 11) is -3.46. The molecule has 1 aliphatic heterocycles. The van der Waals surface area contributed by atoms with Crippen LogP contribution in [-0.2, 0) is 10.0 Å². The third-order valence-electron chi connectivity index (χ3n) is 6.87. The average molecular weight is 543 g/mol. The number of H-pyrrole nitrogens is 1. The Morgan fingerprint density at radius 1 is 1.00 bits per heavy atom. The van der Waals surface area contributed by atoms with E-state index in [2.05, 4.69) is 21.8 Å². The second-order valence-electron chi connectivity index (χ2n) is 9.90. The van der Waals surface area contributed by atoms with Gasteiger partial charge >= 0.3 is 0 Å². The number of aromatic nitrogens is 1. The highest BCUT2D eigenvalue weighted by molar-refractivity contribution is 7.92. The maximum atomic E-state index is 12.4. The summed E-state index contributed by atoms with van der Waals surface area (Å²) >= 11 is 0. The quantitative estimate of drug-likeness (QED) is 0.210. The van der Waals surface area contributed by atoms with Gasteiger partial charge in [0, 0.05) is 34.4 Å². The van der Waals surface area contributed by atoms with E-state index < -0.39 is 10.0 Å². The minimum atomic E-state index is -3.46. The fourth-order valence-corrected chi connectivity index (χ4v) is 6.11. The SMILES string of the molecule is CCCS(=O)(=O)Nc1ccc2[nH]c(O)c(C(=Nc3ccc(C4=NCCCCCC4)cc3)c3ccccc3)c2c1. The Kier molecular flexibility index (Phi) is 8.12. The van der Waals surface area contributed by atoms with Crippen molar-refractivity contribution in [2.24, 2.45) is 9.98 Å². The Labute approximate surface area is 229 Å². The number of nitrogens with one attached hydrogen (secondary N) is 2. The predicted octanol–water partition coefficient (Wildman–Crippen LogP) is 6.95. The molecule has 3 aromatic carbocycles. The highest BCUT2D eigenvalue weighted by atomic mass is 32.2. The van der Waals surface area contributed by atoms with Crippen molar-refractivity contribution in [3.63, 3.8) is 0 Å². The summed E-state index contributed by atoms with van der Waals surface area (Å²) in [5, 5.41) is 11.7. The second kappa shape index (κ2) is 11.9. The lowest BCUT2D eigenvalue weighted by Gasteiger charge is -2.12. The van der Waals surface area contributed by atoms with Gasteiger partial charge < -0.3 is 10.1 Å². The molecule has 2 heterocycles. The fourth-order valence-electron chi connectivity index (χ4n) is 4.98. The summed E-state index contributed by atoms with van der Waals surface area (Å²) in [5.74, 6) is 0.0109. The number of aromatic amines is 1. The maximum Gasteiger partial charge on any atom is 0.232 e. The lowest BCUT2D eigenvalue weighted by Crippen LogP contribution is -2.16. The van der Waals surface area contributed by atoms with Gasteiger partial charge in [-0.05, 0) is 61.6 Å². The first kappa shape index (κ1) is 26.7. The Bertz CT molecular complexity index is 1610. The Balaban J connectivity index is 1.57. The minimum absolute atomic E-state index is 0.0262. The zero-order chi connectivity index (χ0) is 27.2. The molecule has 5 rings (SSSR count). The fraction of sp³-hybridized carbons (Fsp3) is 0.290. The van der Waals surface area contributed by atoms with Crippen LogP contribution in [0.15, 0.2) is 82.8 Å². The molecule has 0 saturated carbocycles. The van der Waals surface area contributed by atoms with Crippen LogP contribution >= 0.6 is 0 Å². The van der Waals surface area contributed by atoms with Crippen molar-refractivity contribution in [2.45, 2.75) is 45.4 Å². The molecule has 1 aromatic heterocycles. The van der Waals surface area contributed by atoms with Gasteiger partial charge in [0.25, 0.3) is 0 Å². The molecule has 3 N–H and O–H groups in total. The van der Waals surface area contributed by atoms with Crippen LogP contribution in [0.2, 0.25) is 0 Å². The summed E-state index contributed by atoms with van der Waals surface area (Å²) in [5.41, 5.74) is 6.08. The van der Waals surface area contributed by atoms with Crippen LogP contribution in [0, 0.1) is 0 Å². The van der Waals surface area contributed by atoms with E-state index in [0.717, 1.165) is 48.3 Å². The molecule has 0 spiro atoms. The highest BCUT2D eigenvalue weighted by Crippen LogP contribution is 2.33. The molecule has 4 aromatic rings. The summed E-state index contributed by atoms with van der Waals surface area (Å²) in [4.78, 5) is 12.8. The van der Waals surface area contributed by atoms with E-state index in [-0.39, 0.29) is 11.6 Å². The number of hydrogen-bond donors (Lipinski definition) is 3. The first-order valence-corrected chi connectivity index (χ1v) is 15.2. The van der Waals surface area contributed by atoms with Crippen LogP contribution in [-0.4, -0.2) is 42.2 Å². The predicted molar refractivity (Wildman–Crippen MR) is 160 cm³/mol. The minimum Gasteiger partial charge on any atom is -0.494 e. The first-order valence-electron chi connectivity index (χ1n) is 13.6. The molecule has 39 heavy (non-hydrogen) atoms. The molecule has 0 bridgehead atoms. The molecular weight excluding hydrogens is 508 g/mol. The van der Waals surface area contributed by atoms with Crippen molar-refractivity contribution >= 4 is 43.7 Å². The van der Waals surface area contributed by atoms with Crippen molar-refractivity contribution in [3.05, 3.63) is 89.5 Å². The number of benzene rings is 3. The molecule has 0 radical (unpaired) electrons. The summed E-state index contributed by atoms with van der Waals surface area (Å²) < 4.78 is 27.4. The first-order chi connectivity index (χ1) is 18.9. The Morgan fingerprint density at radius 2 is 1.77 bits per heavy atom. The molecule has 0 amide bonds. The smallest absolute Gasteiger partial charge is 0.232 e. The van der Waals surface area contributed by atoms with Gasteiger partial charge in [-0.1, -0.05) is 62.2 Å². The molecule has 0 aliphatic carbocycles. The van der Waals surface area contributed by atoms with E-state index in [9.17, 15) is 13.5 Å². The largest absolute Gasteiger partial charge is 0.494 e. The van der Waals surface area contributed by atoms with Crippen molar-refractivity contribution < 1.29 is 13.5 Å². The summed E-state index contributed by atoms with van der Waals surface area (Å²) in [6.45, 7) is 2.70. The summed E-state index contributed by atoms with van der Waals surface area (Å²) in [6.07, 6.45) is 6.31. The lowest BCUT2D eigenvalue weighted by atomic mass is 10.00. The standard InChI is InChI=1S/C31H34N4O3S/c1-2-20-39(37,38)35-25-17-18-28-26(21-25)29(31(36)34-28)30(23-10-6-5-7-11-23)33-24-15-13-22(14-16-24)27-12-8-3-4-9-19-32-27/h5-7,10-11,13-18,21,34-36H,2-4,8-9,12,19-20H2,1H3. The zero-order valence-electron chi connectivity index (χ0n) is 22.2. The number of fused-ring (bicyclic) bond motifs is 1. The van der Waals surface area contributed by atoms with Crippen LogP contribution in [0.1, 0.15) is 62.1 Å². The Morgan fingerprint density at radius 3 is 2.54 bits per heavy atom. The van der Waals surface area contributed by atoms with Crippen molar-refractivity contribution in [1.82, 2.24) is 4.98 Å². The Hall–Kier alpha value is -3.91. The number of anilines is 1. The molecule has 1 aliphatic rings. The van der Waals surface area contributed by atoms with E-state index >= 15 is 0 Å². The number of aliphatic imine (C=N–C) groups is 2. The number of hydrogen-bond acceptors (Lipinski definition) is 5. The van der Waals surface area contributed by atoms with E-state index in [1.165, 1.54) is 12.8 Å². The van der Waals surface area contributed by atoms with Crippen LogP contribution in [0.25, 0.3) is 10.9 Å². The van der Waals surface area contributed by atoms with Gasteiger partial charge in [-0.3, -0.25) is 9.71 Å². The number of sulfonamides is 1. The molecular formula is C31H34N4O3S. The lowest BCUT2D eigenvalue weighted by molar-refractivity contribution is 0.457. The molecule has 8 heteroatoms. The number of aromatic hydroxyl groups is 1. The van der Waals surface area contributed by atoms with E-state index in [1.807, 2.05) is 49.4 Å². The van der Waals surface area contributed by atoms with Gasteiger partial charge in [0.15, 0.2) is 5.88 Å². The van der Waals surface area contributed by atoms with Gasteiger partial charge in [-0.15, -0.1) is 0 Å². The number of rotatable bonds is 8. The van der Waals surface area contributed by atoms with Gasteiger partial charge in [-0.25, -0.2) is 13.4 Å². The molecule has 0 unspecified atom stereocenters. The summed E-state index contributed by atoms with van der Waals surface area (Å²) in [6, 6.07) is 23.0. The molecule has 202 valence electrons. The van der Waals surface area contributed by atoms with Crippen molar-refractivity contribution in [3.8, 4) is 5.88 Å².